The fourth-order valence-electron chi connectivity index (χ4n) is 3.45. The Labute approximate surface area is 174 Å². The molecule has 158 valence electrons. The van der Waals surface area contributed by atoms with E-state index in [1.165, 1.54) is 23.1 Å². The molecule has 1 aliphatic rings. The summed E-state index contributed by atoms with van der Waals surface area (Å²) in [5.74, 6) is -1.20. The van der Waals surface area contributed by atoms with Crippen molar-refractivity contribution in [3.8, 4) is 0 Å². The van der Waals surface area contributed by atoms with Crippen molar-refractivity contribution in [2.24, 2.45) is 0 Å². The molecule has 8 heteroatoms. The van der Waals surface area contributed by atoms with Crippen LogP contribution in [-0.2, 0) is 14.4 Å². The van der Waals surface area contributed by atoms with Gasteiger partial charge in [0.2, 0.25) is 17.7 Å². The number of anilines is 2. The largest absolute Gasteiger partial charge is 0.352 e. The molecule has 1 heterocycles. The molecule has 30 heavy (non-hydrogen) atoms. The summed E-state index contributed by atoms with van der Waals surface area (Å²) in [5.41, 5.74) is 0.284. The van der Waals surface area contributed by atoms with Gasteiger partial charge in [0, 0.05) is 30.8 Å². The molecule has 1 aromatic carbocycles. The Balaban J connectivity index is 1.62. The predicted molar refractivity (Wildman–Crippen MR) is 111 cm³/mol. The standard InChI is InChI=1S/C22H25FN4O3/c23-16-6-5-9-18(14-16)27(15-21(29)25-17-7-1-2-8-17)22(30)12-11-20(28)26-19-10-3-4-13-24-19/h3-6,9-10,13-14,17H,1-2,7-8,11-12,15H2,(H,25,29)(H,24,26,28). The van der Waals surface area contributed by atoms with E-state index in [0.717, 1.165) is 25.7 Å². The summed E-state index contributed by atoms with van der Waals surface area (Å²) in [4.78, 5) is 42.6. The summed E-state index contributed by atoms with van der Waals surface area (Å²) in [5, 5.41) is 5.55. The van der Waals surface area contributed by atoms with Crippen LogP contribution in [0.1, 0.15) is 38.5 Å². The van der Waals surface area contributed by atoms with E-state index in [1.54, 1.807) is 30.5 Å². The maximum atomic E-state index is 13.7. The zero-order valence-corrected chi connectivity index (χ0v) is 16.6. The van der Waals surface area contributed by atoms with Gasteiger partial charge in [-0.05, 0) is 43.2 Å². The van der Waals surface area contributed by atoms with E-state index < -0.39 is 11.7 Å². The number of carbonyl (C=O) groups excluding carboxylic acids is 3. The average molecular weight is 412 g/mol. The number of benzene rings is 1. The van der Waals surface area contributed by atoms with Crippen LogP contribution in [0.3, 0.4) is 0 Å². The number of halogens is 1. The van der Waals surface area contributed by atoms with Crippen LogP contribution in [-0.4, -0.2) is 35.3 Å². The van der Waals surface area contributed by atoms with Crippen molar-refractivity contribution in [3.63, 3.8) is 0 Å². The first-order valence-electron chi connectivity index (χ1n) is 10.1. The second-order valence-electron chi connectivity index (χ2n) is 7.27. The first-order chi connectivity index (χ1) is 14.5. The monoisotopic (exact) mass is 412 g/mol. The van der Waals surface area contributed by atoms with Gasteiger partial charge in [0.25, 0.3) is 0 Å². The summed E-state index contributed by atoms with van der Waals surface area (Å²) in [6.45, 7) is -0.222. The van der Waals surface area contributed by atoms with Crippen LogP contribution in [0.2, 0.25) is 0 Å². The van der Waals surface area contributed by atoms with Crippen molar-refractivity contribution in [2.75, 3.05) is 16.8 Å². The zero-order chi connectivity index (χ0) is 21.3. The molecule has 1 fully saturated rings. The zero-order valence-electron chi connectivity index (χ0n) is 16.6. The van der Waals surface area contributed by atoms with Crippen LogP contribution in [0.5, 0.6) is 0 Å². The van der Waals surface area contributed by atoms with Crippen molar-refractivity contribution < 1.29 is 18.8 Å². The number of rotatable bonds is 8. The Hall–Kier alpha value is -3.29. The fourth-order valence-corrected chi connectivity index (χ4v) is 3.45. The second-order valence-corrected chi connectivity index (χ2v) is 7.27. The number of nitrogens with zero attached hydrogens (tertiary/aromatic N) is 2. The Morgan fingerprint density at radius 1 is 1.03 bits per heavy atom. The van der Waals surface area contributed by atoms with E-state index in [2.05, 4.69) is 15.6 Å². The minimum absolute atomic E-state index is 0.0779. The predicted octanol–water partition coefficient (Wildman–Crippen LogP) is 3.03. The minimum Gasteiger partial charge on any atom is -0.352 e. The second kappa shape index (κ2) is 10.5. The number of pyridine rings is 1. The van der Waals surface area contributed by atoms with Crippen molar-refractivity contribution >= 4 is 29.2 Å². The first-order valence-corrected chi connectivity index (χ1v) is 10.1. The van der Waals surface area contributed by atoms with Gasteiger partial charge in [-0.15, -0.1) is 0 Å². The van der Waals surface area contributed by atoms with Gasteiger partial charge < -0.3 is 15.5 Å². The van der Waals surface area contributed by atoms with Crippen LogP contribution in [0.15, 0.2) is 48.7 Å². The van der Waals surface area contributed by atoms with Crippen molar-refractivity contribution in [1.82, 2.24) is 10.3 Å². The SMILES string of the molecule is O=C(CCC(=O)N(CC(=O)NC1CCCC1)c1cccc(F)c1)Nc1ccccn1. The number of hydrogen-bond acceptors (Lipinski definition) is 4. The van der Waals surface area contributed by atoms with Crippen LogP contribution in [0.25, 0.3) is 0 Å². The molecule has 7 nitrogen and oxygen atoms in total. The lowest BCUT2D eigenvalue weighted by Crippen LogP contribution is -2.44. The van der Waals surface area contributed by atoms with Crippen molar-refractivity contribution in [1.29, 1.82) is 0 Å². The molecule has 0 atom stereocenters. The summed E-state index contributed by atoms with van der Waals surface area (Å²) >= 11 is 0. The molecule has 2 N–H and O–H groups in total. The van der Waals surface area contributed by atoms with Gasteiger partial charge in [-0.3, -0.25) is 14.4 Å². The Morgan fingerprint density at radius 2 is 1.83 bits per heavy atom. The van der Waals surface area contributed by atoms with Crippen molar-refractivity contribution in [3.05, 3.63) is 54.5 Å². The van der Waals surface area contributed by atoms with Gasteiger partial charge in [-0.25, -0.2) is 9.37 Å². The lowest BCUT2D eigenvalue weighted by atomic mass is 10.2. The Morgan fingerprint density at radius 3 is 2.53 bits per heavy atom. The average Bonchev–Trinajstić information content (AvgIpc) is 3.24. The van der Waals surface area contributed by atoms with Gasteiger partial charge in [0.05, 0.1) is 0 Å². The molecular formula is C22H25FN4O3. The third kappa shape index (κ3) is 6.37. The van der Waals surface area contributed by atoms with Crippen molar-refractivity contribution in [2.45, 2.75) is 44.6 Å². The smallest absolute Gasteiger partial charge is 0.240 e. The molecule has 3 amide bonds. The highest BCUT2D eigenvalue weighted by Crippen LogP contribution is 2.19. The van der Waals surface area contributed by atoms with Gasteiger partial charge in [-0.1, -0.05) is 25.0 Å². The summed E-state index contributed by atoms with van der Waals surface area (Å²) in [6.07, 6.45) is 5.35. The molecule has 2 aromatic rings. The van der Waals surface area contributed by atoms with E-state index in [9.17, 15) is 18.8 Å². The molecule has 0 spiro atoms. The van der Waals surface area contributed by atoms with Gasteiger partial charge in [-0.2, -0.15) is 0 Å². The Kier molecular flexibility index (Phi) is 7.48. The lowest BCUT2D eigenvalue weighted by molar-refractivity contribution is -0.125. The first kappa shape index (κ1) is 21.4. The molecule has 0 saturated heterocycles. The third-order valence-corrected chi connectivity index (χ3v) is 4.94. The molecule has 0 aliphatic heterocycles. The summed E-state index contributed by atoms with van der Waals surface area (Å²) in [7, 11) is 0. The summed E-state index contributed by atoms with van der Waals surface area (Å²) in [6, 6.07) is 10.7. The molecule has 0 unspecified atom stereocenters. The normalized spacial score (nSPS) is 13.6. The van der Waals surface area contributed by atoms with E-state index in [4.69, 9.17) is 0 Å². The number of aromatic nitrogens is 1. The maximum absolute atomic E-state index is 13.7. The van der Waals surface area contributed by atoms with Crippen LogP contribution in [0.4, 0.5) is 15.9 Å². The molecule has 0 radical (unpaired) electrons. The van der Waals surface area contributed by atoms with Crippen LogP contribution in [0, 0.1) is 5.82 Å². The number of carbonyl (C=O) groups is 3. The molecule has 1 aliphatic carbocycles. The van der Waals surface area contributed by atoms with Crippen LogP contribution < -0.4 is 15.5 Å². The van der Waals surface area contributed by atoms with E-state index in [-0.39, 0.29) is 42.9 Å². The van der Waals surface area contributed by atoms with Crippen LogP contribution >= 0.6 is 0 Å². The summed E-state index contributed by atoms with van der Waals surface area (Å²) < 4.78 is 13.7. The molecular weight excluding hydrogens is 387 g/mol. The third-order valence-electron chi connectivity index (χ3n) is 4.94. The van der Waals surface area contributed by atoms with E-state index in [1.807, 2.05) is 0 Å². The highest BCUT2D eigenvalue weighted by molar-refractivity contribution is 6.01. The highest BCUT2D eigenvalue weighted by atomic mass is 19.1. The Bertz CT molecular complexity index is 885. The minimum atomic E-state index is -0.505. The number of hydrogen-bond donors (Lipinski definition) is 2. The van der Waals surface area contributed by atoms with Gasteiger partial charge in [0.15, 0.2) is 0 Å². The van der Waals surface area contributed by atoms with Gasteiger partial charge >= 0.3 is 0 Å². The highest BCUT2D eigenvalue weighted by Gasteiger charge is 2.23. The maximum Gasteiger partial charge on any atom is 0.240 e. The molecule has 0 bridgehead atoms. The molecule has 1 saturated carbocycles. The molecule has 3 rings (SSSR count). The van der Waals surface area contributed by atoms with Gasteiger partial charge in [0.1, 0.15) is 18.2 Å². The lowest BCUT2D eigenvalue weighted by Gasteiger charge is -2.23. The fraction of sp³-hybridized carbons (Fsp3) is 0.364. The van der Waals surface area contributed by atoms with E-state index >= 15 is 0 Å². The van der Waals surface area contributed by atoms with E-state index in [0.29, 0.717) is 5.82 Å². The number of amides is 3. The topological polar surface area (TPSA) is 91.4 Å². The molecule has 1 aromatic heterocycles. The number of nitrogens with one attached hydrogen (secondary N) is 2. The quantitative estimate of drug-likeness (QED) is 0.697.